The first-order valence-electron chi connectivity index (χ1n) is 14.9. The fourth-order valence-electron chi connectivity index (χ4n) is 6.61. The predicted molar refractivity (Wildman–Crippen MR) is 188 cm³/mol. The number of benzene rings is 5. The highest BCUT2D eigenvalue weighted by Crippen LogP contribution is 2.43. The van der Waals surface area contributed by atoms with E-state index in [1.54, 1.807) is 6.33 Å². The van der Waals surface area contributed by atoms with E-state index in [1.165, 1.54) is 63.0 Å². The summed E-state index contributed by atoms with van der Waals surface area (Å²) in [5.74, 6) is 0. The molecule has 1 aliphatic carbocycles. The monoisotopic (exact) mass is 598 g/mol. The number of aromatic nitrogens is 2. The van der Waals surface area contributed by atoms with Crippen molar-refractivity contribution < 1.29 is 0 Å². The SMILES string of the molecule is C1=C(c2cccc(-c3cc(-c4cccc(-c5cccc6c5sc5ccccc56)c4)ncn3)c2)c2sc3ccccc3c2CC1. The Morgan fingerprint density at radius 2 is 1.16 bits per heavy atom. The van der Waals surface area contributed by atoms with E-state index in [9.17, 15) is 0 Å². The van der Waals surface area contributed by atoms with Crippen LogP contribution in [0.15, 0.2) is 134 Å². The molecular formula is C40H26N2S2. The summed E-state index contributed by atoms with van der Waals surface area (Å²) < 4.78 is 4.01. The van der Waals surface area contributed by atoms with E-state index in [2.05, 4.69) is 127 Å². The summed E-state index contributed by atoms with van der Waals surface area (Å²) in [5.41, 5.74) is 10.6. The van der Waals surface area contributed by atoms with Crippen molar-refractivity contribution in [1.29, 1.82) is 0 Å². The molecule has 0 N–H and O–H groups in total. The third-order valence-corrected chi connectivity index (χ3v) is 11.2. The van der Waals surface area contributed by atoms with Gasteiger partial charge in [-0.2, -0.15) is 0 Å². The van der Waals surface area contributed by atoms with Crippen LogP contribution in [0.2, 0.25) is 0 Å². The van der Waals surface area contributed by atoms with Crippen LogP contribution >= 0.6 is 22.7 Å². The number of thiophene rings is 2. The van der Waals surface area contributed by atoms with Crippen molar-refractivity contribution in [1.82, 2.24) is 9.97 Å². The zero-order valence-corrected chi connectivity index (χ0v) is 25.5. The highest BCUT2D eigenvalue weighted by molar-refractivity contribution is 7.26. The first-order valence-corrected chi connectivity index (χ1v) is 16.6. The fourth-order valence-corrected chi connectivity index (χ4v) is 9.16. The topological polar surface area (TPSA) is 25.8 Å². The number of allylic oxidation sites excluding steroid dienone is 1. The quantitative estimate of drug-likeness (QED) is 0.201. The number of hydrogen-bond acceptors (Lipinski definition) is 4. The van der Waals surface area contributed by atoms with Gasteiger partial charge in [-0.25, -0.2) is 9.97 Å². The van der Waals surface area contributed by atoms with Crippen LogP contribution in [-0.4, -0.2) is 9.97 Å². The second-order valence-corrected chi connectivity index (χ2v) is 13.4. The van der Waals surface area contributed by atoms with Gasteiger partial charge in [0, 0.05) is 40.9 Å². The van der Waals surface area contributed by atoms with Gasteiger partial charge in [0.15, 0.2) is 0 Å². The second kappa shape index (κ2) is 10.4. The molecule has 0 saturated heterocycles. The maximum atomic E-state index is 4.72. The van der Waals surface area contributed by atoms with Crippen LogP contribution in [-0.2, 0) is 6.42 Å². The van der Waals surface area contributed by atoms with Gasteiger partial charge in [0.2, 0.25) is 0 Å². The Hall–Kier alpha value is -4.90. The molecule has 5 aromatic carbocycles. The molecule has 0 amide bonds. The summed E-state index contributed by atoms with van der Waals surface area (Å²) in [6, 6.07) is 43.8. The van der Waals surface area contributed by atoms with E-state index in [0.29, 0.717) is 0 Å². The van der Waals surface area contributed by atoms with Crippen LogP contribution in [0.5, 0.6) is 0 Å². The van der Waals surface area contributed by atoms with E-state index in [1.807, 2.05) is 22.7 Å². The molecule has 0 fully saturated rings. The molecule has 0 aliphatic heterocycles. The number of hydrogen-bond donors (Lipinski definition) is 0. The molecule has 1 aliphatic rings. The van der Waals surface area contributed by atoms with Gasteiger partial charge in [0.25, 0.3) is 0 Å². The van der Waals surface area contributed by atoms with Gasteiger partial charge in [-0.05, 0) is 76.4 Å². The molecule has 9 rings (SSSR count). The van der Waals surface area contributed by atoms with Crippen LogP contribution < -0.4 is 0 Å². The maximum absolute atomic E-state index is 4.72. The van der Waals surface area contributed by atoms with Crippen molar-refractivity contribution in [3.8, 4) is 33.6 Å². The van der Waals surface area contributed by atoms with Crippen molar-refractivity contribution in [2.45, 2.75) is 12.8 Å². The summed E-state index contributed by atoms with van der Waals surface area (Å²) in [6.07, 6.45) is 6.27. The van der Waals surface area contributed by atoms with E-state index < -0.39 is 0 Å². The van der Waals surface area contributed by atoms with Crippen LogP contribution in [0, 0.1) is 0 Å². The van der Waals surface area contributed by atoms with Gasteiger partial charge < -0.3 is 0 Å². The molecule has 0 bridgehead atoms. The van der Waals surface area contributed by atoms with Crippen LogP contribution in [0.4, 0.5) is 0 Å². The van der Waals surface area contributed by atoms with Gasteiger partial charge in [-0.15, -0.1) is 22.7 Å². The first kappa shape index (κ1) is 25.6. The summed E-state index contributed by atoms with van der Waals surface area (Å²) in [4.78, 5) is 10.8. The minimum Gasteiger partial charge on any atom is -0.236 e. The zero-order valence-electron chi connectivity index (χ0n) is 23.8. The zero-order chi connectivity index (χ0) is 29.0. The summed E-state index contributed by atoms with van der Waals surface area (Å²) in [6.45, 7) is 0. The molecular weight excluding hydrogens is 573 g/mol. The lowest BCUT2D eigenvalue weighted by atomic mass is 9.91. The number of fused-ring (bicyclic) bond motifs is 6. The Morgan fingerprint density at radius 1 is 0.523 bits per heavy atom. The highest BCUT2D eigenvalue weighted by atomic mass is 32.1. The van der Waals surface area contributed by atoms with Gasteiger partial charge in [-0.3, -0.25) is 0 Å². The predicted octanol–water partition coefficient (Wildman–Crippen LogP) is 11.4. The summed E-state index contributed by atoms with van der Waals surface area (Å²) in [5, 5.41) is 4.04. The van der Waals surface area contributed by atoms with Crippen molar-refractivity contribution in [3.05, 3.63) is 150 Å². The third kappa shape index (κ3) is 4.22. The molecule has 44 heavy (non-hydrogen) atoms. The molecule has 0 saturated carbocycles. The van der Waals surface area contributed by atoms with E-state index in [-0.39, 0.29) is 0 Å². The molecule has 0 atom stereocenters. The summed E-state index contributed by atoms with van der Waals surface area (Å²) in [7, 11) is 0. The minimum atomic E-state index is 0.925. The van der Waals surface area contributed by atoms with Crippen molar-refractivity contribution in [2.75, 3.05) is 0 Å². The lowest BCUT2D eigenvalue weighted by Gasteiger charge is -2.15. The maximum Gasteiger partial charge on any atom is 0.116 e. The lowest BCUT2D eigenvalue weighted by Crippen LogP contribution is -1.98. The molecule has 3 aromatic heterocycles. The van der Waals surface area contributed by atoms with E-state index in [0.717, 1.165) is 35.4 Å². The van der Waals surface area contributed by atoms with Crippen molar-refractivity contribution in [3.63, 3.8) is 0 Å². The Kier molecular flexibility index (Phi) is 6.03. The lowest BCUT2D eigenvalue weighted by molar-refractivity contribution is 0.998. The second-order valence-electron chi connectivity index (χ2n) is 11.3. The average Bonchev–Trinajstić information content (AvgIpc) is 3.67. The van der Waals surface area contributed by atoms with Crippen LogP contribution in [0.3, 0.4) is 0 Å². The van der Waals surface area contributed by atoms with Crippen molar-refractivity contribution >= 4 is 58.5 Å². The highest BCUT2D eigenvalue weighted by Gasteiger charge is 2.20. The standard InChI is InChI=1S/C40H26N2S2/c1-3-19-37-31(13-1)33-17-7-15-29(39(33)43-37)25-9-5-11-27(21-25)35-23-36(42-24-41-35)28-12-6-10-26(22-28)30-16-8-18-34-32-14-2-4-20-38(32)44-40(30)34/h1-7,9-17,19-24H,8,18H2. The molecule has 2 nitrogen and oxygen atoms in total. The fraction of sp³-hybridized carbons (Fsp3) is 0.0500. The average molecular weight is 599 g/mol. The first-order chi connectivity index (χ1) is 21.8. The molecule has 4 heteroatoms. The van der Waals surface area contributed by atoms with Crippen molar-refractivity contribution in [2.24, 2.45) is 0 Å². The normalized spacial score (nSPS) is 13.0. The molecule has 208 valence electrons. The molecule has 3 heterocycles. The van der Waals surface area contributed by atoms with Crippen LogP contribution in [0.25, 0.3) is 69.5 Å². The van der Waals surface area contributed by atoms with Gasteiger partial charge in [-0.1, -0.05) is 97.1 Å². The molecule has 0 radical (unpaired) electrons. The van der Waals surface area contributed by atoms with E-state index >= 15 is 0 Å². The van der Waals surface area contributed by atoms with Gasteiger partial charge >= 0.3 is 0 Å². The van der Waals surface area contributed by atoms with E-state index in [4.69, 9.17) is 9.97 Å². The molecule has 0 spiro atoms. The minimum absolute atomic E-state index is 0.925. The Morgan fingerprint density at radius 3 is 1.98 bits per heavy atom. The van der Waals surface area contributed by atoms with Gasteiger partial charge in [0.1, 0.15) is 6.33 Å². The smallest absolute Gasteiger partial charge is 0.116 e. The number of nitrogens with zero attached hydrogens (tertiary/aromatic N) is 2. The van der Waals surface area contributed by atoms with Crippen LogP contribution in [0.1, 0.15) is 22.4 Å². The summed E-state index contributed by atoms with van der Waals surface area (Å²) >= 11 is 3.78. The third-order valence-electron chi connectivity index (χ3n) is 8.70. The molecule has 0 unspecified atom stereocenters. The Bertz CT molecular complexity index is 2410. The number of rotatable bonds is 4. The molecule has 8 aromatic rings. The largest absolute Gasteiger partial charge is 0.236 e. The Balaban J connectivity index is 1.09. The number of aryl methyl sites for hydroxylation is 1. The Labute approximate surface area is 263 Å². The van der Waals surface area contributed by atoms with Gasteiger partial charge in [0.05, 0.1) is 11.4 Å².